The summed E-state index contributed by atoms with van der Waals surface area (Å²) < 4.78 is 0. The summed E-state index contributed by atoms with van der Waals surface area (Å²) in [5.74, 6) is 0.686. The third kappa shape index (κ3) is 1.54. The summed E-state index contributed by atoms with van der Waals surface area (Å²) in [7, 11) is 0. The van der Waals surface area contributed by atoms with Crippen LogP contribution in [0.4, 0.5) is 0 Å². The molecular formula is C5H11OPS. The predicted molar refractivity (Wildman–Crippen MR) is 40.0 cm³/mol. The molecule has 0 aromatic carbocycles. The fourth-order valence-electron chi connectivity index (χ4n) is 1.09. The first kappa shape index (κ1) is 6.73. The highest BCUT2D eigenvalue weighted by Gasteiger charge is 2.24. The molecule has 1 N–H and O–H groups in total. The molecule has 0 amide bonds. The topological polar surface area (TPSA) is 20.2 Å². The van der Waals surface area contributed by atoms with Crippen molar-refractivity contribution in [1.29, 1.82) is 0 Å². The summed E-state index contributed by atoms with van der Waals surface area (Å²) in [6.07, 6.45) is 1.22. The van der Waals surface area contributed by atoms with Crippen LogP contribution in [0.1, 0.15) is 13.3 Å². The van der Waals surface area contributed by atoms with Crippen molar-refractivity contribution < 1.29 is 4.89 Å². The Morgan fingerprint density at radius 2 is 2.38 bits per heavy atom. The summed E-state index contributed by atoms with van der Waals surface area (Å²) in [5, 5.41) is 0. The van der Waals surface area contributed by atoms with E-state index in [0.717, 1.165) is 18.7 Å². The Morgan fingerprint density at radius 1 is 1.75 bits per heavy atom. The lowest BCUT2D eigenvalue weighted by Gasteiger charge is -2.03. The van der Waals surface area contributed by atoms with Crippen LogP contribution < -0.4 is 0 Å². The Bertz CT molecular complexity index is 134. The summed E-state index contributed by atoms with van der Waals surface area (Å²) in [6, 6.07) is 0. The molecule has 1 rings (SSSR count). The van der Waals surface area contributed by atoms with Crippen molar-refractivity contribution in [1.82, 2.24) is 0 Å². The summed E-state index contributed by atoms with van der Waals surface area (Å²) >= 11 is 4.95. The first-order valence-corrected chi connectivity index (χ1v) is 6.03. The zero-order valence-corrected chi connectivity index (χ0v) is 6.71. The van der Waals surface area contributed by atoms with Gasteiger partial charge in [-0.05, 0) is 18.5 Å². The van der Waals surface area contributed by atoms with Crippen LogP contribution in [0.5, 0.6) is 0 Å². The Hall–Kier alpha value is 0.610. The van der Waals surface area contributed by atoms with E-state index in [-0.39, 0.29) is 0 Å². The minimum atomic E-state index is -1.77. The first-order chi connectivity index (χ1) is 3.60. The summed E-state index contributed by atoms with van der Waals surface area (Å²) in [5.41, 5.74) is 0. The van der Waals surface area contributed by atoms with E-state index in [2.05, 4.69) is 6.92 Å². The molecular weight excluding hydrogens is 139 g/mol. The van der Waals surface area contributed by atoms with Gasteiger partial charge >= 0.3 is 0 Å². The molecule has 0 radical (unpaired) electrons. The molecule has 1 fully saturated rings. The van der Waals surface area contributed by atoms with Crippen molar-refractivity contribution in [3.63, 3.8) is 0 Å². The van der Waals surface area contributed by atoms with Gasteiger partial charge in [0.2, 0.25) is 0 Å². The SMILES string of the molecule is CC1CCP(O)(=S)C1. The van der Waals surface area contributed by atoms with Crippen LogP contribution in [-0.2, 0) is 11.8 Å². The molecule has 0 aromatic rings. The monoisotopic (exact) mass is 150 g/mol. The van der Waals surface area contributed by atoms with E-state index >= 15 is 0 Å². The molecule has 2 unspecified atom stereocenters. The maximum Gasteiger partial charge on any atom is 0.0639 e. The van der Waals surface area contributed by atoms with Crippen LogP contribution in [0.15, 0.2) is 0 Å². The van der Waals surface area contributed by atoms with Crippen LogP contribution >= 0.6 is 6.26 Å². The molecule has 3 heteroatoms. The molecule has 0 saturated carbocycles. The van der Waals surface area contributed by atoms with E-state index in [0.29, 0.717) is 5.92 Å². The summed E-state index contributed by atoms with van der Waals surface area (Å²) in [4.78, 5) is 9.29. The highest BCUT2D eigenvalue weighted by Crippen LogP contribution is 2.50. The van der Waals surface area contributed by atoms with E-state index in [1.165, 1.54) is 0 Å². The minimum absolute atomic E-state index is 0.686. The third-order valence-corrected chi connectivity index (χ3v) is 4.71. The first-order valence-electron chi connectivity index (χ1n) is 2.91. The van der Waals surface area contributed by atoms with Crippen molar-refractivity contribution in [3.8, 4) is 0 Å². The van der Waals surface area contributed by atoms with Gasteiger partial charge in [0.25, 0.3) is 0 Å². The van der Waals surface area contributed by atoms with E-state index < -0.39 is 6.26 Å². The predicted octanol–water partition coefficient (Wildman–Crippen LogP) is 1.41. The minimum Gasteiger partial charge on any atom is -0.365 e. The number of rotatable bonds is 0. The van der Waals surface area contributed by atoms with Crippen LogP contribution in [0, 0.1) is 5.92 Å². The van der Waals surface area contributed by atoms with Gasteiger partial charge in [0.15, 0.2) is 0 Å². The molecule has 1 heterocycles. The molecule has 0 aromatic heterocycles. The van der Waals surface area contributed by atoms with Crippen LogP contribution in [0.3, 0.4) is 0 Å². The maximum atomic E-state index is 9.29. The zero-order chi connectivity index (χ0) is 6.20. The van der Waals surface area contributed by atoms with E-state index in [1.807, 2.05) is 0 Å². The molecule has 8 heavy (non-hydrogen) atoms. The fourth-order valence-corrected chi connectivity index (χ4v) is 4.35. The molecule has 48 valence electrons. The third-order valence-electron chi connectivity index (χ3n) is 1.57. The largest absolute Gasteiger partial charge is 0.365 e. The second-order valence-electron chi connectivity index (χ2n) is 2.65. The van der Waals surface area contributed by atoms with Gasteiger partial charge in [-0.2, -0.15) is 0 Å². The van der Waals surface area contributed by atoms with Gasteiger partial charge in [0.05, 0.1) is 6.26 Å². The smallest absolute Gasteiger partial charge is 0.0639 e. The van der Waals surface area contributed by atoms with Crippen molar-refractivity contribution in [2.75, 3.05) is 12.3 Å². The molecule has 2 atom stereocenters. The molecule has 1 nitrogen and oxygen atoms in total. The molecule has 0 bridgehead atoms. The van der Waals surface area contributed by atoms with Crippen LogP contribution in [0.2, 0.25) is 0 Å². The van der Waals surface area contributed by atoms with Crippen LogP contribution in [0.25, 0.3) is 0 Å². The van der Waals surface area contributed by atoms with Gasteiger partial charge in [-0.3, -0.25) is 0 Å². The van der Waals surface area contributed by atoms with Crippen LogP contribution in [-0.4, -0.2) is 17.2 Å². The highest BCUT2D eigenvalue weighted by molar-refractivity contribution is 8.11. The molecule has 1 aliphatic heterocycles. The van der Waals surface area contributed by atoms with Gasteiger partial charge in [-0.15, -0.1) is 0 Å². The highest BCUT2D eigenvalue weighted by atomic mass is 32.4. The average molecular weight is 150 g/mol. The lowest BCUT2D eigenvalue weighted by Crippen LogP contribution is -1.87. The van der Waals surface area contributed by atoms with Crippen molar-refractivity contribution in [2.24, 2.45) is 5.92 Å². The lowest BCUT2D eigenvalue weighted by atomic mass is 10.2. The molecule has 1 aliphatic rings. The fraction of sp³-hybridized carbons (Fsp3) is 1.00. The normalized spacial score (nSPS) is 47.5. The molecule has 0 aliphatic carbocycles. The second-order valence-corrected chi connectivity index (χ2v) is 7.19. The van der Waals surface area contributed by atoms with E-state index in [1.54, 1.807) is 0 Å². The van der Waals surface area contributed by atoms with Gasteiger partial charge in [-0.1, -0.05) is 18.7 Å². The van der Waals surface area contributed by atoms with Crippen molar-refractivity contribution in [2.45, 2.75) is 13.3 Å². The average Bonchev–Trinajstić information content (AvgIpc) is 1.82. The van der Waals surface area contributed by atoms with Gasteiger partial charge in [0.1, 0.15) is 0 Å². The lowest BCUT2D eigenvalue weighted by molar-refractivity contribution is 0.622. The van der Waals surface area contributed by atoms with E-state index in [4.69, 9.17) is 11.8 Å². The van der Waals surface area contributed by atoms with Gasteiger partial charge in [0, 0.05) is 6.16 Å². The summed E-state index contributed by atoms with van der Waals surface area (Å²) in [6.45, 7) is 2.16. The Kier molecular flexibility index (Phi) is 1.76. The second kappa shape index (κ2) is 2.09. The zero-order valence-electron chi connectivity index (χ0n) is 5.00. The molecule has 0 spiro atoms. The van der Waals surface area contributed by atoms with Crippen molar-refractivity contribution >= 4 is 18.1 Å². The Morgan fingerprint density at radius 3 is 2.50 bits per heavy atom. The molecule has 1 saturated heterocycles. The van der Waals surface area contributed by atoms with Gasteiger partial charge < -0.3 is 4.89 Å². The number of hydrogen-bond donors (Lipinski definition) is 1. The standard InChI is InChI=1S/C5H11OPS/c1-5-2-3-7(6,8)4-5/h5H,2-4H2,1H3,(H,6,8). The Balaban J connectivity index is 2.57. The quantitative estimate of drug-likeness (QED) is 0.527. The maximum absolute atomic E-state index is 9.29. The van der Waals surface area contributed by atoms with E-state index in [9.17, 15) is 4.89 Å². The Labute approximate surface area is 55.2 Å². The van der Waals surface area contributed by atoms with Gasteiger partial charge in [-0.25, -0.2) is 0 Å². The van der Waals surface area contributed by atoms with Crippen molar-refractivity contribution in [3.05, 3.63) is 0 Å². The number of hydrogen-bond acceptors (Lipinski definition) is 1.